The summed E-state index contributed by atoms with van der Waals surface area (Å²) in [7, 11) is 0. The summed E-state index contributed by atoms with van der Waals surface area (Å²) < 4.78 is 14.0. The van der Waals surface area contributed by atoms with Crippen LogP contribution < -0.4 is 10.5 Å². The molecule has 29 heavy (non-hydrogen) atoms. The lowest BCUT2D eigenvalue weighted by Crippen LogP contribution is -2.49. The van der Waals surface area contributed by atoms with Crippen LogP contribution in [0.25, 0.3) is 10.9 Å². The maximum absolute atomic E-state index is 14.0. The number of nitrogens with zero attached hydrogens (tertiary/aromatic N) is 2. The zero-order chi connectivity index (χ0) is 20.4. The molecule has 150 valence electrons. The largest absolute Gasteiger partial charge is 0.366 e. The zero-order valence-corrected chi connectivity index (χ0v) is 16.5. The van der Waals surface area contributed by atoms with Crippen LogP contribution in [-0.4, -0.2) is 42.0 Å². The number of hydrogen-bond acceptors (Lipinski definition) is 3. The number of carbonyl (C=O) groups excluding carboxylic acids is 1. The smallest absolute Gasteiger partial charge is 0.251 e. The molecule has 0 aliphatic carbocycles. The number of nitrogens with one attached hydrogen (secondary N) is 1. The highest BCUT2D eigenvalue weighted by molar-refractivity contribution is 5.80. The molecule has 0 unspecified atom stereocenters. The van der Waals surface area contributed by atoms with Gasteiger partial charge in [-0.2, -0.15) is 0 Å². The van der Waals surface area contributed by atoms with Crippen molar-refractivity contribution in [2.75, 3.05) is 31.1 Å². The molecule has 2 heterocycles. The highest BCUT2D eigenvalue weighted by atomic mass is 19.1. The van der Waals surface area contributed by atoms with E-state index in [1.54, 1.807) is 19.1 Å². The van der Waals surface area contributed by atoms with Gasteiger partial charge in [-0.1, -0.05) is 24.3 Å². The Bertz CT molecular complexity index is 1100. The predicted molar refractivity (Wildman–Crippen MR) is 113 cm³/mol. The van der Waals surface area contributed by atoms with Gasteiger partial charge in [0.25, 0.3) is 5.56 Å². The van der Waals surface area contributed by atoms with Crippen molar-refractivity contribution in [2.45, 2.75) is 19.8 Å². The van der Waals surface area contributed by atoms with Crippen molar-refractivity contribution in [1.82, 2.24) is 9.88 Å². The average molecular weight is 393 g/mol. The molecule has 1 amide bonds. The second-order valence-corrected chi connectivity index (χ2v) is 7.52. The van der Waals surface area contributed by atoms with Crippen LogP contribution in [0.4, 0.5) is 10.1 Å². The Labute approximate surface area is 168 Å². The monoisotopic (exact) mass is 393 g/mol. The molecule has 1 aromatic heterocycles. The summed E-state index contributed by atoms with van der Waals surface area (Å²) in [6.45, 7) is 4.23. The Hall–Kier alpha value is -3.15. The van der Waals surface area contributed by atoms with Crippen LogP contribution in [0.2, 0.25) is 0 Å². The van der Waals surface area contributed by atoms with Gasteiger partial charge in [0.15, 0.2) is 0 Å². The van der Waals surface area contributed by atoms with E-state index in [2.05, 4.69) is 4.98 Å². The Morgan fingerprint density at radius 2 is 1.83 bits per heavy atom. The van der Waals surface area contributed by atoms with Gasteiger partial charge in [0.05, 0.1) is 5.69 Å². The third-order valence-electron chi connectivity index (χ3n) is 5.55. The van der Waals surface area contributed by atoms with Gasteiger partial charge in [-0.15, -0.1) is 0 Å². The topological polar surface area (TPSA) is 56.4 Å². The minimum absolute atomic E-state index is 0.0848. The van der Waals surface area contributed by atoms with Gasteiger partial charge in [0, 0.05) is 43.7 Å². The van der Waals surface area contributed by atoms with E-state index in [0.29, 0.717) is 50.3 Å². The van der Waals surface area contributed by atoms with Crippen LogP contribution in [0, 0.1) is 12.7 Å². The van der Waals surface area contributed by atoms with Gasteiger partial charge in [-0.25, -0.2) is 4.39 Å². The number of hydrogen-bond donors (Lipinski definition) is 1. The Morgan fingerprint density at radius 3 is 2.59 bits per heavy atom. The lowest BCUT2D eigenvalue weighted by atomic mass is 10.1. The molecule has 0 saturated carbocycles. The molecule has 1 aliphatic rings. The summed E-state index contributed by atoms with van der Waals surface area (Å²) >= 11 is 0. The summed E-state index contributed by atoms with van der Waals surface area (Å²) in [5, 5.41) is 0.987. The van der Waals surface area contributed by atoms with Gasteiger partial charge < -0.3 is 14.8 Å². The highest BCUT2D eigenvalue weighted by Gasteiger charge is 2.22. The lowest BCUT2D eigenvalue weighted by molar-refractivity contribution is -0.131. The molecule has 1 fully saturated rings. The number of amides is 1. The standard InChI is InChI=1S/C23H24FN3O2/c1-16-14-18-8-6-17(15-20(18)25-23(16)29)7-9-22(28)27-12-10-26(11-13-27)21-5-3-2-4-19(21)24/h2-6,8,14-15H,7,9-13H2,1H3,(H,25,29). The maximum atomic E-state index is 14.0. The van der Waals surface area contributed by atoms with E-state index in [9.17, 15) is 14.0 Å². The zero-order valence-electron chi connectivity index (χ0n) is 16.5. The SMILES string of the molecule is Cc1cc2ccc(CCC(=O)N3CCN(c4ccccc4F)CC3)cc2[nH]c1=O. The Balaban J connectivity index is 1.35. The summed E-state index contributed by atoms with van der Waals surface area (Å²) in [5.74, 6) is -0.118. The van der Waals surface area contributed by atoms with E-state index in [4.69, 9.17) is 0 Å². The molecular formula is C23H24FN3O2. The molecule has 1 N–H and O–H groups in total. The number of fused-ring (bicyclic) bond motifs is 1. The first-order valence-electron chi connectivity index (χ1n) is 9.91. The van der Waals surface area contributed by atoms with E-state index in [1.807, 2.05) is 40.1 Å². The third-order valence-corrected chi connectivity index (χ3v) is 5.55. The van der Waals surface area contributed by atoms with Gasteiger partial charge >= 0.3 is 0 Å². The number of para-hydroxylation sites is 1. The van der Waals surface area contributed by atoms with Crippen LogP contribution in [0.5, 0.6) is 0 Å². The fourth-order valence-electron chi connectivity index (χ4n) is 3.83. The fraction of sp³-hybridized carbons (Fsp3) is 0.304. The lowest BCUT2D eigenvalue weighted by Gasteiger charge is -2.36. The molecule has 1 aliphatic heterocycles. The highest BCUT2D eigenvalue weighted by Crippen LogP contribution is 2.21. The number of carbonyl (C=O) groups is 1. The van der Waals surface area contributed by atoms with Crippen molar-refractivity contribution >= 4 is 22.5 Å². The van der Waals surface area contributed by atoms with Crippen LogP contribution in [0.1, 0.15) is 17.5 Å². The summed E-state index contributed by atoms with van der Waals surface area (Å²) in [6, 6.07) is 14.5. The molecule has 6 heteroatoms. The number of aromatic amines is 1. The first-order valence-corrected chi connectivity index (χ1v) is 9.91. The Morgan fingerprint density at radius 1 is 1.07 bits per heavy atom. The molecule has 5 nitrogen and oxygen atoms in total. The number of aromatic nitrogens is 1. The van der Waals surface area contributed by atoms with E-state index >= 15 is 0 Å². The van der Waals surface area contributed by atoms with Crippen LogP contribution in [-0.2, 0) is 11.2 Å². The summed E-state index contributed by atoms with van der Waals surface area (Å²) in [4.78, 5) is 31.2. The number of rotatable bonds is 4. The van der Waals surface area contributed by atoms with Gasteiger partial charge in [-0.05, 0) is 48.6 Å². The number of anilines is 1. The van der Waals surface area contributed by atoms with E-state index in [-0.39, 0.29) is 17.3 Å². The van der Waals surface area contributed by atoms with E-state index in [0.717, 1.165) is 16.5 Å². The van der Waals surface area contributed by atoms with Crippen molar-refractivity contribution in [3.8, 4) is 0 Å². The average Bonchev–Trinajstić information content (AvgIpc) is 2.73. The molecule has 0 radical (unpaired) electrons. The third kappa shape index (κ3) is 4.16. The fourth-order valence-corrected chi connectivity index (χ4v) is 3.83. The molecule has 3 aromatic rings. The minimum atomic E-state index is -0.225. The molecule has 0 spiro atoms. The van der Waals surface area contributed by atoms with E-state index in [1.165, 1.54) is 6.07 Å². The summed E-state index contributed by atoms with van der Waals surface area (Å²) in [5.41, 5.74) is 3.02. The number of pyridine rings is 1. The van der Waals surface area contributed by atoms with Gasteiger partial charge in [0.1, 0.15) is 5.82 Å². The molecule has 1 saturated heterocycles. The van der Waals surface area contributed by atoms with Gasteiger partial charge in [0.2, 0.25) is 5.91 Å². The number of aryl methyl sites for hydroxylation is 2. The first kappa shape index (κ1) is 19.2. The maximum Gasteiger partial charge on any atom is 0.251 e. The van der Waals surface area contributed by atoms with Crippen molar-refractivity contribution in [2.24, 2.45) is 0 Å². The van der Waals surface area contributed by atoms with Crippen molar-refractivity contribution in [1.29, 1.82) is 0 Å². The predicted octanol–water partition coefficient (Wildman–Crippen LogP) is 3.26. The number of halogens is 1. The van der Waals surface area contributed by atoms with Crippen LogP contribution in [0.3, 0.4) is 0 Å². The van der Waals surface area contributed by atoms with Crippen molar-refractivity contribution in [3.63, 3.8) is 0 Å². The molecule has 2 aromatic carbocycles. The normalized spacial score (nSPS) is 14.4. The molecule has 4 rings (SSSR count). The summed E-state index contributed by atoms with van der Waals surface area (Å²) in [6.07, 6.45) is 1.04. The first-order chi connectivity index (χ1) is 14.0. The molecule has 0 bridgehead atoms. The quantitative estimate of drug-likeness (QED) is 0.740. The van der Waals surface area contributed by atoms with Crippen molar-refractivity contribution in [3.05, 3.63) is 75.8 Å². The van der Waals surface area contributed by atoms with Gasteiger partial charge in [-0.3, -0.25) is 9.59 Å². The second kappa shape index (κ2) is 8.07. The number of H-pyrrole nitrogens is 1. The molecule has 0 atom stereocenters. The Kier molecular flexibility index (Phi) is 5.34. The second-order valence-electron chi connectivity index (χ2n) is 7.52. The van der Waals surface area contributed by atoms with E-state index < -0.39 is 0 Å². The van der Waals surface area contributed by atoms with Crippen LogP contribution in [0.15, 0.2) is 53.3 Å². The number of benzene rings is 2. The van der Waals surface area contributed by atoms with Crippen molar-refractivity contribution < 1.29 is 9.18 Å². The number of piperazine rings is 1. The van der Waals surface area contributed by atoms with Crippen LogP contribution >= 0.6 is 0 Å². The molecular weight excluding hydrogens is 369 g/mol. The minimum Gasteiger partial charge on any atom is -0.366 e.